The predicted molar refractivity (Wildman–Crippen MR) is 85.5 cm³/mol. The molecule has 1 heterocycles. The van der Waals surface area contributed by atoms with Crippen LogP contribution in [0.25, 0.3) is 0 Å². The van der Waals surface area contributed by atoms with Gasteiger partial charge in [-0.2, -0.15) is 0 Å². The first-order valence-electron chi connectivity index (χ1n) is 7.43. The number of amides is 2. The Labute approximate surface area is 133 Å². The van der Waals surface area contributed by atoms with Crippen molar-refractivity contribution in [3.8, 4) is 0 Å². The molecule has 2 amide bonds. The summed E-state index contributed by atoms with van der Waals surface area (Å²) in [6, 6.07) is 11.2. The molecule has 3 rings (SSSR count). The van der Waals surface area contributed by atoms with E-state index in [0.29, 0.717) is 23.4 Å². The van der Waals surface area contributed by atoms with Crippen molar-refractivity contribution in [3.05, 3.63) is 65.0 Å². The largest absolute Gasteiger partial charge is 0.324 e. The normalized spacial score (nSPS) is 14.6. The second-order valence-electron chi connectivity index (χ2n) is 5.72. The number of aryl methyl sites for hydroxylation is 1. The number of halogens is 1. The maximum absolute atomic E-state index is 13.6. The summed E-state index contributed by atoms with van der Waals surface area (Å²) in [5.41, 5.74) is 2.45. The summed E-state index contributed by atoms with van der Waals surface area (Å²) in [7, 11) is 0. The molecule has 23 heavy (non-hydrogen) atoms. The van der Waals surface area contributed by atoms with E-state index in [1.165, 1.54) is 11.0 Å². The van der Waals surface area contributed by atoms with E-state index >= 15 is 0 Å². The van der Waals surface area contributed by atoms with Gasteiger partial charge in [-0.05, 0) is 43.2 Å². The predicted octanol–water partition coefficient (Wildman–Crippen LogP) is 3.12. The average molecular weight is 312 g/mol. The Kier molecular flexibility index (Phi) is 3.86. The molecule has 0 aromatic heterocycles. The molecule has 1 N–H and O–H groups in total. The first-order chi connectivity index (χ1) is 11.0. The lowest BCUT2D eigenvalue weighted by Crippen LogP contribution is -2.42. The number of rotatable bonds is 3. The van der Waals surface area contributed by atoms with Crippen LogP contribution in [0.4, 0.5) is 10.1 Å². The Bertz CT molecular complexity index is 788. The molecule has 0 saturated carbocycles. The summed E-state index contributed by atoms with van der Waals surface area (Å²) in [6.07, 6.45) is 0. The van der Waals surface area contributed by atoms with Gasteiger partial charge in [0.15, 0.2) is 0 Å². The zero-order chi connectivity index (χ0) is 16.6. The molecule has 5 heteroatoms. The lowest BCUT2D eigenvalue weighted by Gasteiger charge is -2.23. The zero-order valence-electron chi connectivity index (χ0n) is 13.0. The summed E-state index contributed by atoms with van der Waals surface area (Å²) in [5.74, 6) is -0.868. The van der Waals surface area contributed by atoms with Gasteiger partial charge in [0.2, 0.25) is 5.91 Å². The van der Waals surface area contributed by atoms with E-state index in [1.54, 1.807) is 38.1 Å². The minimum absolute atomic E-state index is 0.154. The number of hydrogen-bond acceptors (Lipinski definition) is 2. The molecule has 4 nitrogen and oxygen atoms in total. The van der Waals surface area contributed by atoms with Gasteiger partial charge in [0.1, 0.15) is 11.9 Å². The van der Waals surface area contributed by atoms with Crippen LogP contribution in [-0.4, -0.2) is 22.8 Å². The third-order valence-electron chi connectivity index (χ3n) is 4.14. The number of nitrogens with zero attached hydrogens (tertiary/aromatic N) is 1. The van der Waals surface area contributed by atoms with Crippen molar-refractivity contribution in [1.29, 1.82) is 0 Å². The highest BCUT2D eigenvalue weighted by atomic mass is 19.1. The Morgan fingerprint density at radius 2 is 2.00 bits per heavy atom. The van der Waals surface area contributed by atoms with Crippen LogP contribution < -0.4 is 5.32 Å². The number of carbonyl (C=O) groups is 2. The summed E-state index contributed by atoms with van der Waals surface area (Å²) < 4.78 is 13.6. The van der Waals surface area contributed by atoms with Crippen LogP contribution >= 0.6 is 0 Å². The number of benzene rings is 2. The maximum atomic E-state index is 13.6. The monoisotopic (exact) mass is 312 g/mol. The molecule has 2 aromatic carbocycles. The van der Waals surface area contributed by atoms with Crippen molar-refractivity contribution in [2.45, 2.75) is 26.4 Å². The van der Waals surface area contributed by atoms with E-state index in [1.807, 2.05) is 12.1 Å². The van der Waals surface area contributed by atoms with Gasteiger partial charge in [0.05, 0.1) is 0 Å². The van der Waals surface area contributed by atoms with Crippen molar-refractivity contribution in [2.24, 2.45) is 0 Å². The Morgan fingerprint density at radius 1 is 1.26 bits per heavy atom. The molecule has 1 aliphatic heterocycles. The van der Waals surface area contributed by atoms with Crippen LogP contribution in [0.3, 0.4) is 0 Å². The van der Waals surface area contributed by atoms with Gasteiger partial charge in [0, 0.05) is 17.8 Å². The highest BCUT2D eigenvalue weighted by Gasteiger charge is 2.33. The molecule has 0 aliphatic carbocycles. The maximum Gasteiger partial charge on any atom is 0.255 e. The fraction of sp³-hybridized carbons (Fsp3) is 0.222. The Morgan fingerprint density at radius 3 is 2.70 bits per heavy atom. The van der Waals surface area contributed by atoms with E-state index in [9.17, 15) is 14.0 Å². The minimum atomic E-state index is -0.640. The summed E-state index contributed by atoms with van der Waals surface area (Å²) in [4.78, 5) is 26.3. The molecule has 0 radical (unpaired) electrons. The average Bonchev–Trinajstić information content (AvgIpc) is 2.87. The minimum Gasteiger partial charge on any atom is -0.324 e. The first-order valence-corrected chi connectivity index (χ1v) is 7.43. The lowest BCUT2D eigenvalue weighted by atomic mass is 10.1. The Hall–Kier alpha value is -2.69. The van der Waals surface area contributed by atoms with Crippen molar-refractivity contribution < 1.29 is 14.0 Å². The van der Waals surface area contributed by atoms with E-state index in [0.717, 1.165) is 5.56 Å². The topological polar surface area (TPSA) is 49.4 Å². The fourth-order valence-electron chi connectivity index (χ4n) is 2.65. The third-order valence-corrected chi connectivity index (χ3v) is 4.14. The second kappa shape index (κ2) is 5.83. The van der Waals surface area contributed by atoms with Crippen LogP contribution in [0.1, 0.15) is 28.4 Å². The molecule has 118 valence electrons. The van der Waals surface area contributed by atoms with Gasteiger partial charge in [0.25, 0.3) is 5.91 Å². The molecular formula is C18H17FN2O2. The van der Waals surface area contributed by atoms with E-state index in [4.69, 9.17) is 0 Å². The van der Waals surface area contributed by atoms with Gasteiger partial charge in [-0.15, -0.1) is 0 Å². The molecule has 1 atom stereocenters. The standard InChI is InChI=1S/C18H17FN2O2/c1-11-7-8-14(9-16(11)19)20-17(22)12(2)21-10-13-5-3-4-6-15(13)18(21)23/h3-9,12H,10H2,1-2H3,(H,20,22). The molecule has 0 saturated heterocycles. The number of anilines is 1. The third kappa shape index (κ3) is 2.82. The number of nitrogens with one attached hydrogen (secondary N) is 1. The molecule has 0 bridgehead atoms. The van der Waals surface area contributed by atoms with E-state index in [2.05, 4.69) is 5.32 Å². The summed E-state index contributed by atoms with van der Waals surface area (Å²) in [6.45, 7) is 3.74. The molecular weight excluding hydrogens is 295 g/mol. The van der Waals surface area contributed by atoms with Crippen LogP contribution in [0.2, 0.25) is 0 Å². The number of fused-ring (bicyclic) bond motifs is 1. The second-order valence-corrected chi connectivity index (χ2v) is 5.72. The number of hydrogen-bond donors (Lipinski definition) is 1. The fourth-order valence-corrected chi connectivity index (χ4v) is 2.65. The van der Waals surface area contributed by atoms with Crippen molar-refractivity contribution in [2.75, 3.05) is 5.32 Å². The van der Waals surface area contributed by atoms with Gasteiger partial charge in [-0.3, -0.25) is 9.59 Å². The van der Waals surface area contributed by atoms with Gasteiger partial charge in [-0.25, -0.2) is 4.39 Å². The number of carbonyl (C=O) groups excluding carboxylic acids is 2. The highest BCUT2D eigenvalue weighted by molar-refractivity contribution is 6.03. The SMILES string of the molecule is Cc1ccc(NC(=O)C(C)N2Cc3ccccc3C2=O)cc1F. The van der Waals surface area contributed by atoms with Crippen LogP contribution in [0.15, 0.2) is 42.5 Å². The lowest BCUT2D eigenvalue weighted by molar-refractivity contribution is -0.120. The molecule has 0 fully saturated rings. The van der Waals surface area contributed by atoms with Crippen LogP contribution in [0.5, 0.6) is 0 Å². The molecule has 2 aromatic rings. The van der Waals surface area contributed by atoms with Crippen LogP contribution in [-0.2, 0) is 11.3 Å². The highest BCUT2D eigenvalue weighted by Crippen LogP contribution is 2.25. The van der Waals surface area contributed by atoms with Gasteiger partial charge in [-0.1, -0.05) is 24.3 Å². The molecule has 1 unspecified atom stereocenters. The smallest absolute Gasteiger partial charge is 0.255 e. The zero-order valence-corrected chi connectivity index (χ0v) is 13.0. The van der Waals surface area contributed by atoms with E-state index < -0.39 is 6.04 Å². The van der Waals surface area contributed by atoms with Gasteiger partial charge >= 0.3 is 0 Å². The van der Waals surface area contributed by atoms with Crippen LogP contribution in [0, 0.1) is 12.7 Å². The Balaban J connectivity index is 1.73. The summed E-state index contributed by atoms with van der Waals surface area (Å²) >= 11 is 0. The quantitative estimate of drug-likeness (QED) is 0.946. The first kappa shape index (κ1) is 15.2. The van der Waals surface area contributed by atoms with E-state index in [-0.39, 0.29) is 17.6 Å². The van der Waals surface area contributed by atoms with Crippen molar-refractivity contribution in [3.63, 3.8) is 0 Å². The van der Waals surface area contributed by atoms with Crippen molar-refractivity contribution >= 4 is 17.5 Å². The van der Waals surface area contributed by atoms with Crippen molar-refractivity contribution in [1.82, 2.24) is 4.90 Å². The molecule has 1 aliphatic rings. The summed E-state index contributed by atoms with van der Waals surface area (Å²) in [5, 5.41) is 2.66. The van der Waals surface area contributed by atoms with Gasteiger partial charge < -0.3 is 10.2 Å². The molecule has 0 spiro atoms.